The first kappa shape index (κ1) is 9.03. The lowest BCUT2D eigenvalue weighted by Gasteiger charge is -2.23. The van der Waals surface area contributed by atoms with Gasteiger partial charge in [-0.2, -0.15) is 0 Å². The first-order chi connectivity index (χ1) is 5.58. The lowest BCUT2D eigenvalue weighted by atomic mass is 9.93. The van der Waals surface area contributed by atoms with Gasteiger partial charge < -0.3 is 16.6 Å². The van der Waals surface area contributed by atoms with Gasteiger partial charge in [0, 0.05) is 5.69 Å². The average Bonchev–Trinajstić information content (AvgIpc) is 2.05. The van der Waals surface area contributed by atoms with E-state index in [2.05, 4.69) is 0 Å². The number of rotatable bonds is 2. The summed E-state index contributed by atoms with van der Waals surface area (Å²) < 4.78 is 0. The fraction of sp³-hybridized carbons (Fsp3) is 0.333. The highest BCUT2D eigenvalue weighted by molar-refractivity contribution is 5.49. The monoisotopic (exact) mass is 166 g/mol. The number of hydrogen-bond donors (Lipinski definition) is 3. The lowest BCUT2D eigenvalue weighted by Crippen LogP contribution is -2.37. The molecule has 0 heterocycles. The van der Waals surface area contributed by atoms with Crippen LogP contribution in [0.5, 0.6) is 0 Å². The Morgan fingerprint density at radius 1 is 1.42 bits per heavy atom. The molecule has 12 heavy (non-hydrogen) atoms. The highest BCUT2D eigenvalue weighted by Gasteiger charge is 2.21. The van der Waals surface area contributed by atoms with Crippen molar-refractivity contribution in [1.29, 1.82) is 0 Å². The first-order valence-electron chi connectivity index (χ1n) is 3.82. The van der Waals surface area contributed by atoms with Crippen LogP contribution in [0.25, 0.3) is 0 Å². The molecule has 1 unspecified atom stereocenters. The van der Waals surface area contributed by atoms with Crippen molar-refractivity contribution in [1.82, 2.24) is 0 Å². The van der Waals surface area contributed by atoms with E-state index in [-0.39, 0.29) is 6.61 Å². The zero-order valence-electron chi connectivity index (χ0n) is 7.12. The summed E-state index contributed by atoms with van der Waals surface area (Å²) in [5, 5.41) is 8.99. The molecular formula is C9H14N2O. The SMILES string of the molecule is CC(N)(CO)c1ccccc1N. The van der Waals surface area contributed by atoms with Gasteiger partial charge in [-0.1, -0.05) is 18.2 Å². The molecule has 1 aromatic rings. The third-order valence-electron chi connectivity index (χ3n) is 1.90. The van der Waals surface area contributed by atoms with Crippen molar-refractivity contribution in [2.24, 2.45) is 5.73 Å². The number of hydrogen-bond acceptors (Lipinski definition) is 3. The van der Waals surface area contributed by atoms with Gasteiger partial charge in [0.25, 0.3) is 0 Å². The fourth-order valence-corrected chi connectivity index (χ4v) is 1.10. The van der Waals surface area contributed by atoms with E-state index >= 15 is 0 Å². The van der Waals surface area contributed by atoms with E-state index in [1.54, 1.807) is 13.0 Å². The number of aliphatic hydroxyl groups excluding tert-OH is 1. The molecule has 0 fully saturated rings. The van der Waals surface area contributed by atoms with Gasteiger partial charge in [-0.05, 0) is 18.6 Å². The van der Waals surface area contributed by atoms with E-state index in [0.717, 1.165) is 5.56 Å². The molecule has 1 atom stereocenters. The van der Waals surface area contributed by atoms with Gasteiger partial charge in [-0.15, -0.1) is 0 Å². The highest BCUT2D eigenvalue weighted by Crippen LogP contribution is 2.22. The Labute approximate surface area is 72.0 Å². The van der Waals surface area contributed by atoms with Crippen LogP contribution in [0.1, 0.15) is 12.5 Å². The third-order valence-corrected chi connectivity index (χ3v) is 1.90. The largest absolute Gasteiger partial charge is 0.398 e. The van der Waals surface area contributed by atoms with E-state index < -0.39 is 5.54 Å². The summed E-state index contributed by atoms with van der Waals surface area (Å²) in [6.07, 6.45) is 0. The summed E-state index contributed by atoms with van der Waals surface area (Å²) in [4.78, 5) is 0. The Morgan fingerprint density at radius 2 is 2.00 bits per heavy atom. The van der Waals surface area contributed by atoms with Crippen molar-refractivity contribution in [3.05, 3.63) is 29.8 Å². The molecule has 0 aliphatic heterocycles. The minimum atomic E-state index is -0.745. The second-order valence-corrected chi connectivity index (χ2v) is 3.16. The minimum Gasteiger partial charge on any atom is -0.398 e. The topological polar surface area (TPSA) is 72.3 Å². The molecule has 0 radical (unpaired) electrons. The molecule has 0 aliphatic rings. The summed E-state index contributed by atoms with van der Waals surface area (Å²) in [6.45, 7) is 1.64. The number of anilines is 1. The van der Waals surface area contributed by atoms with Crippen LogP contribution in [0.4, 0.5) is 5.69 Å². The molecule has 1 rings (SSSR count). The van der Waals surface area contributed by atoms with Crippen LogP contribution < -0.4 is 11.5 Å². The molecule has 0 bridgehead atoms. The Hall–Kier alpha value is -1.06. The molecular weight excluding hydrogens is 152 g/mol. The number of aliphatic hydroxyl groups is 1. The maximum atomic E-state index is 8.99. The van der Waals surface area contributed by atoms with Crippen LogP contribution in [-0.2, 0) is 5.54 Å². The summed E-state index contributed by atoms with van der Waals surface area (Å²) >= 11 is 0. The Balaban J connectivity index is 3.10. The van der Waals surface area contributed by atoms with E-state index in [9.17, 15) is 0 Å². The second kappa shape index (κ2) is 3.13. The summed E-state index contributed by atoms with van der Waals surface area (Å²) in [5.41, 5.74) is 12.2. The molecule has 0 spiro atoms. The van der Waals surface area contributed by atoms with Crippen LogP contribution >= 0.6 is 0 Å². The average molecular weight is 166 g/mol. The van der Waals surface area contributed by atoms with E-state index in [0.29, 0.717) is 5.69 Å². The van der Waals surface area contributed by atoms with Crippen molar-refractivity contribution in [2.45, 2.75) is 12.5 Å². The van der Waals surface area contributed by atoms with Crippen LogP contribution in [0.2, 0.25) is 0 Å². The quantitative estimate of drug-likeness (QED) is 0.558. The molecule has 66 valence electrons. The summed E-state index contributed by atoms with van der Waals surface area (Å²) in [5.74, 6) is 0. The van der Waals surface area contributed by atoms with Crippen LogP contribution in [0, 0.1) is 0 Å². The van der Waals surface area contributed by atoms with Crippen molar-refractivity contribution in [2.75, 3.05) is 12.3 Å². The van der Waals surface area contributed by atoms with Crippen LogP contribution in [-0.4, -0.2) is 11.7 Å². The minimum absolute atomic E-state index is 0.110. The number of nitrogens with two attached hydrogens (primary N) is 2. The zero-order chi connectivity index (χ0) is 9.19. The number of benzene rings is 1. The molecule has 0 aromatic heterocycles. The normalized spacial score (nSPS) is 15.6. The summed E-state index contributed by atoms with van der Waals surface area (Å²) in [6, 6.07) is 7.29. The maximum absolute atomic E-state index is 8.99. The predicted molar refractivity (Wildman–Crippen MR) is 49.5 cm³/mol. The van der Waals surface area contributed by atoms with E-state index in [4.69, 9.17) is 16.6 Å². The van der Waals surface area contributed by atoms with Gasteiger partial charge >= 0.3 is 0 Å². The van der Waals surface area contributed by atoms with Crippen LogP contribution in [0.15, 0.2) is 24.3 Å². The third kappa shape index (κ3) is 1.57. The van der Waals surface area contributed by atoms with Gasteiger partial charge in [-0.25, -0.2) is 0 Å². The highest BCUT2D eigenvalue weighted by atomic mass is 16.3. The Morgan fingerprint density at radius 3 is 2.50 bits per heavy atom. The van der Waals surface area contributed by atoms with Crippen molar-refractivity contribution < 1.29 is 5.11 Å². The number of nitrogen functional groups attached to an aromatic ring is 1. The molecule has 0 amide bonds. The van der Waals surface area contributed by atoms with Gasteiger partial charge in [0.05, 0.1) is 12.1 Å². The van der Waals surface area contributed by atoms with Gasteiger partial charge in [0.2, 0.25) is 0 Å². The molecule has 3 heteroatoms. The molecule has 0 saturated carbocycles. The fourth-order valence-electron chi connectivity index (χ4n) is 1.10. The first-order valence-corrected chi connectivity index (χ1v) is 3.82. The molecule has 1 aromatic carbocycles. The second-order valence-electron chi connectivity index (χ2n) is 3.16. The van der Waals surface area contributed by atoms with E-state index in [1.807, 2.05) is 18.2 Å². The van der Waals surface area contributed by atoms with Gasteiger partial charge in [0.15, 0.2) is 0 Å². The summed E-state index contributed by atoms with van der Waals surface area (Å²) in [7, 11) is 0. The Kier molecular flexibility index (Phi) is 2.35. The zero-order valence-corrected chi connectivity index (χ0v) is 7.12. The number of para-hydroxylation sites is 1. The van der Waals surface area contributed by atoms with Gasteiger partial charge in [-0.3, -0.25) is 0 Å². The standard InChI is InChI=1S/C9H14N2O/c1-9(11,6-12)7-4-2-3-5-8(7)10/h2-5,12H,6,10-11H2,1H3. The molecule has 3 nitrogen and oxygen atoms in total. The van der Waals surface area contributed by atoms with Crippen LogP contribution in [0.3, 0.4) is 0 Å². The Bertz CT molecular complexity index is 271. The lowest BCUT2D eigenvalue weighted by molar-refractivity contribution is 0.210. The van der Waals surface area contributed by atoms with Crippen molar-refractivity contribution in [3.63, 3.8) is 0 Å². The molecule has 0 aliphatic carbocycles. The van der Waals surface area contributed by atoms with Crippen molar-refractivity contribution >= 4 is 5.69 Å². The predicted octanol–water partition coefficient (Wildman–Crippen LogP) is 0.435. The maximum Gasteiger partial charge on any atom is 0.0651 e. The van der Waals surface area contributed by atoms with E-state index in [1.165, 1.54) is 0 Å². The molecule has 5 N–H and O–H groups in total. The van der Waals surface area contributed by atoms with Crippen molar-refractivity contribution in [3.8, 4) is 0 Å². The molecule has 0 saturated heterocycles. The van der Waals surface area contributed by atoms with Gasteiger partial charge in [0.1, 0.15) is 0 Å². The smallest absolute Gasteiger partial charge is 0.0651 e.